The fraction of sp³-hybridized carbons (Fsp3) is 0.269. The maximum atomic E-state index is 2.50. The molecule has 0 nitrogen and oxygen atoms in total. The van der Waals surface area contributed by atoms with E-state index in [2.05, 4.69) is 93.2 Å². The second-order valence-corrected chi connectivity index (χ2v) is 14.5. The van der Waals surface area contributed by atoms with Crippen molar-refractivity contribution in [3.63, 3.8) is 0 Å². The van der Waals surface area contributed by atoms with Crippen LogP contribution in [0.3, 0.4) is 0 Å². The van der Waals surface area contributed by atoms with Crippen molar-refractivity contribution in [2.75, 3.05) is 0 Å². The third-order valence-electron chi connectivity index (χ3n) is 6.77. The molecule has 0 fully saturated rings. The molecular formula is C26H27Cl2SSiZr. The van der Waals surface area contributed by atoms with Crippen molar-refractivity contribution in [3.05, 3.63) is 81.6 Å². The average Bonchev–Trinajstić information content (AvgIpc) is 3.38. The van der Waals surface area contributed by atoms with Crippen LogP contribution in [0.15, 0.2) is 64.9 Å². The summed E-state index contributed by atoms with van der Waals surface area (Å²) in [6, 6.07) is 17.7. The molecule has 7 rings (SSSR count). The summed E-state index contributed by atoms with van der Waals surface area (Å²) in [6.45, 7) is 11.8. The molecule has 4 aromatic rings. The van der Waals surface area contributed by atoms with Crippen molar-refractivity contribution < 1.29 is 51.0 Å². The van der Waals surface area contributed by atoms with E-state index >= 15 is 0 Å². The fourth-order valence-corrected chi connectivity index (χ4v) is 11.0. The third kappa shape index (κ3) is 4.11. The van der Waals surface area contributed by atoms with E-state index in [1.165, 1.54) is 27.1 Å². The van der Waals surface area contributed by atoms with Gasteiger partial charge in [-0.25, -0.2) is 0 Å². The van der Waals surface area contributed by atoms with Gasteiger partial charge < -0.3 is 24.8 Å². The summed E-state index contributed by atoms with van der Waals surface area (Å²) in [4.78, 5) is 0. The number of thiophene rings is 1. The van der Waals surface area contributed by atoms with E-state index in [-0.39, 0.29) is 51.0 Å². The van der Waals surface area contributed by atoms with Gasteiger partial charge in [-0.2, -0.15) is 17.4 Å². The number of halogens is 2. The van der Waals surface area contributed by atoms with Crippen LogP contribution in [0.5, 0.6) is 0 Å². The van der Waals surface area contributed by atoms with Gasteiger partial charge in [0, 0.05) is 5.54 Å². The number of fused-ring (bicyclic) bond motifs is 3. The molecule has 2 aliphatic heterocycles. The number of allylic oxidation sites excluding steroid dienone is 1. The van der Waals surface area contributed by atoms with Crippen molar-refractivity contribution in [1.82, 2.24) is 0 Å². The first-order valence-electron chi connectivity index (χ1n) is 10.3. The average molecular weight is 562 g/mol. The second-order valence-electron chi connectivity index (χ2n) is 9.19. The first kappa shape index (κ1) is 26.7. The molecule has 0 amide bonds. The third-order valence-corrected chi connectivity index (χ3v) is 11.7. The van der Waals surface area contributed by atoms with Gasteiger partial charge in [0.1, 0.15) is 0 Å². The molecule has 2 bridgehead atoms. The minimum atomic E-state index is -0.976. The molecule has 3 aromatic carbocycles. The van der Waals surface area contributed by atoms with Crippen molar-refractivity contribution in [2.24, 2.45) is 0 Å². The molecule has 0 N–H and O–H groups in total. The van der Waals surface area contributed by atoms with E-state index in [9.17, 15) is 0 Å². The minimum Gasteiger partial charge on any atom is -1.00 e. The Morgan fingerprint density at radius 1 is 0.968 bits per heavy atom. The SMILES string of the molecule is CC(C)c1cc2c(ccc3ccccc32)[cH-]1.CC1=C2c3cscc3C1[Si]2(C)C.[Cl-].[Cl-].[Zr+3]. The molecule has 0 saturated carbocycles. The summed E-state index contributed by atoms with van der Waals surface area (Å²) in [6.07, 6.45) is 0. The quantitative estimate of drug-likeness (QED) is 0.247. The van der Waals surface area contributed by atoms with Crippen LogP contribution in [0.25, 0.3) is 26.7 Å². The molecule has 1 aliphatic carbocycles. The molecule has 0 saturated heterocycles. The Morgan fingerprint density at radius 3 is 2.32 bits per heavy atom. The zero-order valence-electron chi connectivity index (χ0n) is 18.6. The van der Waals surface area contributed by atoms with Gasteiger partial charge in [-0.3, -0.25) is 0 Å². The molecule has 1 aromatic heterocycles. The Bertz CT molecular complexity index is 1250. The predicted octanol–water partition coefficient (Wildman–Crippen LogP) is 2.26. The van der Waals surface area contributed by atoms with Gasteiger partial charge >= 0.3 is 26.2 Å². The molecule has 3 heterocycles. The summed E-state index contributed by atoms with van der Waals surface area (Å²) >= 11 is 1.87. The Hall–Kier alpha value is -0.570. The van der Waals surface area contributed by atoms with Gasteiger partial charge in [-0.05, 0) is 40.1 Å². The fourth-order valence-electron chi connectivity index (χ4n) is 5.50. The van der Waals surface area contributed by atoms with Gasteiger partial charge in [0.25, 0.3) is 0 Å². The van der Waals surface area contributed by atoms with Gasteiger partial charge in [0.2, 0.25) is 0 Å². The maximum Gasteiger partial charge on any atom is 3.00 e. The largest absolute Gasteiger partial charge is 3.00 e. The first-order chi connectivity index (χ1) is 13.4. The van der Waals surface area contributed by atoms with E-state index in [0.717, 1.165) is 5.54 Å². The molecule has 1 radical (unpaired) electrons. The Kier molecular flexibility index (Phi) is 8.38. The zero-order chi connectivity index (χ0) is 19.6. The van der Waals surface area contributed by atoms with Crippen molar-refractivity contribution >= 4 is 46.2 Å². The van der Waals surface area contributed by atoms with Gasteiger partial charge in [0.05, 0.1) is 8.07 Å². The number of hydrogen-bond acceptors (Lipinski definition) is 1. The van der Waals surface area contributed by atoms with Crippen LogP contribution in [0.4, 0.5) is 0 Å². The van der Waals surface area contributed by atoms with Crippen molar-refractivity contribution in [1.29, 1.82) is 0 Å². The van der Waals surface area contributed by atoms with E-state index in [4.69, 9.17) is 0 Å². The smallest absolute Gasteiger partial charge is 1.00 e. The maximum absolute atomic E-state index is 2.50. The molecule has 31 heavy (non-hydrogen) atoms. The van der Waals surface area contributed by atoms with Gasteiger partial charge in [-0.15, -0.1) is 28.5 Å². The molecule has 5 heteroatoms. The van der Waals surface area contributed by atoms with Crippen LogP contribution < -0.4 is 24.8 Å². The van der Waals surface area contributed by atoms with E-state index < -0.39 is 8.07 Å². The molecule has 3 aliphatic rings. The van der Waals surface area contributed by atoms with Crippen LogP contribution in [-0.4, -0.2) is 8.07 Å². The van der Waals surface area contributed by atoms with Crippen LogP contribution in [0, 0.1) is 0 Å². The summed E-state index contributed by atoms with van der Waals surface area (Å²) in [5, 5.41) is 11.9. The normalized spacial score (nSPS) is 17.2. The topological polar surface area (TPSA) is 0 Å². The van der Waals surface area contributed by atoms with Crippen molar-refractivity contribution in [2.45, 2.75) is 45.3 Å². The summed E-state index contributed by atoms with van der Waals surface area (Å²) in [5.41, 5.74) is 7.27. The molecule has 159 valence electrons. The van der Waals surface area contributed by atoms with E-state index in [1.807, 2.05) is 11.3 Å². The molecular weight excluding hydrogens is 535 g/mol. The Labute approximate surface area is 222 Å². The number of benzene rings is 2. The van der Waals surface area contributed by atoms with Crippen LogP contribution in [-0.2, 0) is 26.2 Å². The van der Waals surface area contributed by atoms with Gasteiger partial charge in [0.15, 0.2) is 0 Å². The summed E-state index contributed by atoms with van der Waals surface area (Å²) in [5.74, 6) is 0.603. The van der Waals surface area contributed by atoms with Crippen LogP contribution in [0.1, 0.15) is 48.9 Å². The van der Waals surface area contributed by atoms with Crippen molar-refractivity contribution in [3.8, 4) is 0 Å². The summed E-state index contributed by atoms with van der Waals surface area (Å²) in [7, 11) is -0.976. The van der Waals surface area contributed by atoms with E-state index in [1.54, 1.807) is 21.9 Å². The molecule has 1 unspecified atom stereocenters. The Balaban J connectivity index is 0.000000207. The van der Waals surface area contributed by atoms with Crippen LogP contribution >= 0.6 is 11.3 Å². The molecule has 0 spiro atoms. The zero-order valence-corrected chi connectivity index (χ0v) is 24.4. The Morgan fingerprint density at radius 2 is 1.68 bits per heavy atom. The van der Waals surface area contributed by atoms with Gasteiger partial charge in [-0.1, -0.05) is 73.4 Å². The predicted molar refractivity (Wildman–Crippen MR) is 128 cm³/mol. The second kappa shape index (κ2) is 9.74. The summed E-state index contributed by atoms with van der Waals surface area (Å²) < 4.78 is 0. The van der Waals surface area contributed by atoms with Crippen LogP contribution in [0.2, 0.25) is 13.1 Å². The minimum absolute atomic E-state index is 0. The monoisotopic (exact) mass is 559 g/mol. The number of rotatable bonds is 1. The standard InChI is InChI=1S/C16H15.C10H12SSi.2ClH.Zr/c1-11(2)14-9-13-8-7-12-5-3-4-6-15(12)16(13)10-14;1-6-9-7-4-11-5-8(7)10(6)12(9,2)3;;;/h3-11H,1-2H3;4-5,9H,1-3H3;2*1H;/q-1;;;;+3/p-2. The van der Waals surface area contributed by atoms with E-state index in [0.29, 0.717) is 5.92 Å². The number of hydrogen-bond donors (Lipinski definition) is 0. The first-order valence-corrected chi connectivity index (χ1v) is 14.3. The molecule has 1 atom stereocenters.